The third-order valence-electron chi connectivity index (χ3n) is 6.69. The number of amides is 3. The van der Waals surface area contributed by atoms with Crippen molar-refractivity contribution >= 4 is 52.1 Å². The summed E-state index contributed by atoms with van der Waals surface area (Å²) in [5.74, 6) is -2.00. The maximum absolute atomic E-state index is 14.2. The van der Waals surface area contributed by atoms with Gasteiger partial charge in [-0.25, -0.2) is 23.0 Å². The van der Waals surface area contributed by atoms with Crippen molar-refractivity contribution in [3.8, 4) is 6.07 Å². The van der Waals surface area contributed by atoms with Gasteiger partial charge in [0, 0.05) is 0 Å². The number of para-hydroxylation sites is 1. The smallest absolute Gasteiger partial charge is 0.340 e. The van der Waals surface area contributed by atoms with Gasteiger partial charge < -0.3 is 5.32 Å². The summed E-state index contributed by atoms with van der Waals surface area (Å²) in [6.45, 7) is 2.65. The molecule has 1 N–H and O–H groups in total. The van der Waals surface area contributed by atoms with Gasteiger partial charge in [0.15, 0.2) is 12.1 Å². The van der Waals surface area contributed by atoms with Gasteiger partial charge in [-0.2, -0.15) is 10.2 Å². The molecule has 0 aliphatic carbocycles. The van der Waals surface area contributed by atoms with E-state index in [0.717, 1.165) is 17.0 Å². The van der Waals surface area contributed by atoms with Crippen molar-refractivity contribution in [1.82, 2.24) is 4.90 Å². The zero-order valence-electron chi connectivity index (χ0n) is 17.3. The Morgan fingerprint density at radius 2 is 1.94 bits per heavy atom. The van der Waals surface area contributed by atoms with E-state index in [1.165, 1.54) is 18.2 Å². The lowest BCUT2D eigenvalue weighted by Crippen LogP contribution is -2.63. The summed E-state index contributed by atoms with van der Waals surface area (Å²) in [5, 5.41) is 12.0. The SMILES string of the molecule is Cc1c(N2C(=O)C3CN4CC(C(=S)Nc5c(F)cccc5F)[N+]3(C4)C2=O)ccc(C#N)c1Cl. The third kappa shape index (κ3) is 2.93. The van der Waals surface area contributed by atoms with Crippen LogP contribution in [0.1, 0.15) is 11.1 Å². The van der Waals surface area contributed by atoms with Crippen LogP contribution in [0, 0.1) is 29.9 Å². The Morgan fingerprint density at radius 3 is 2.61 bits per heavy atom. The average molecular weight is 489 g/mol. The van der Waals surface area contributed by atoms with E-state index in [1.807, 2.05) is 11.0 Å². The van der Waals surface area contributed by atoms with Crippen LogP contribution in [0.25, 0.3) is 0 Å². The second-order valence-electron chi connectivity index (χ2n) is 8.36. The molecule has 3 aliphatic rings. The first-order valence-electron chi connectivity index (χ1n) is 10.1. The van der Waals surface area contributed by atoms with Gasteiger partial charge in [0.1, 0.15) is 35.0 Å². The van der Waals surface area contributed by atoms with Gasteiger partial charge in [-0.05, 0) is 36.8 Å². The van der Waals surface area contributed by atoms with E-state index < -0.39 is 35.7 Å². The molecule has 0 radical (unpaired) electrons. The van der Waals surface area contributed by atoms with Gasteiger partial charge in [0.05, 0.1) is 29.4 Å². The number of nitrogens with zero attached hydrogens (tertiary/aromatic N) is 4. The molecule has 2 aromatic carbocycles. The molecule has 0 aromatic heterocycles. The lowest BCUT2D eigenvalue weighted by molar-refractivity contribution is -0.851. The van der Waals surface area contributed by atoms with Crippen molar-refractivity contribution in [2.24, 2.45) is 0 Å². The van der Waals surface area contributed by atoms with Crippen LogP contribution in [-0.4, -0.2) is 58.2 Å². The van der Waals surface area contributed by atoms with E-state index >= 15 is 0 Å². The normalized spacial score (nSPS) is 27.6. The molecular formula is C22H17ClF2N5O2S+. The molecule has 168 valence electrons. The van der Waals surface area contributed by atoms with Crippen LogP contribution in [0.2, 0.25) is 5.02 Å². The fourth-order valence-electron chi connectivity index (χ4n) is 5.09. The van der Waals surface area contributed by atoms with Crippen LogP contribution >= 0.6 is 23.8 Å². The van der Waals surface area contributed by atoms with Gasteiger partial charge >= 0.3 is 6.03 Å². The van der Waals surface area contributed by atoms with Crippen molar-refractivity contribution in [2.45, 2.75) is 19.0 Å². The first-order valence-corrected chi connectivity index (χ1v) is 10.9. The van der Waals surface area contributed by atoms with Gasteiger partial charge in [-0.1, -0.05) is 29.9 Å². The first kappa shape index (κ1) is 21.9. The second kappa shape index (κ2) is 7.53. The largest absolute Gasteiger partial charge is 0.433 e. The molecule has 7 nitrogen and oxygen atoms in total. The number of imide groups is 1. The Morgan fingerprint density at radius 1 is 1.24 bits per heavy atom. The lowest BCUT2D eigenvalue weighted by Gasteiger charge is -2.34. The number of hydrogen-bond donors (Lipinski definition) is 1. The van der Waals surface area contributed by atoms with Crippen LogP contribution in [0.15, 0.2) is 30.3 Å². The number of carbonyl (C=O) groups is 2. The Hall–Kier alpha value is -2.97. The number of urea groups is 1. The number of rotatable bonds is 3. The second-order valence-corrected chi connectivity index (χ2v) is 9.18. The summed E-state index contributed by atoms with van der Waals surface area (Å²) in [6, 6.07) is 6.61. The number of hydrogen-bond acceptors (Lipinski definition) is 5. The average Bonchev–Trinajstić information content (AvgIpc) is 3.42. The summed E-state index contributed by atoms with van der Waals surface area (Å²) >= 11 is 11.8. The maximum Gasteiger partial charge on any atom is 0.433 e. The van der Waals surface area contributed by atoms with E-state index in [2.05, 4.69) is 5.32 Å². The molecule has 33 heavy (non-hydrogen) atoms. The molecule has 1 spiro atoms. The zero-order chi connectivity index (χ0) is 23.7. The number of nitriles is 1. The van der Waals surface area contributed by atoms with E-state index in [9.17, 15) is 23.6 Å². The van der Waals surface area contributed by atoms with Crippen molar-refractivity contribution < 1.29 is 22.9 Å². The van der Waals surface area contributed by atoms with E-state index in [-0.39, 0.29) is 32.4 Å². The zero-order valence-corrected chi connectivity index (χ0v) is 18.9. The third-order valence-corrected chi connectivity index (χ3v) is 7.56. The van der Waals surface area contributed by atoms with Gasteiger partial charge in [0.25, 0.3) is 5.91 Å². The number of thiocarbonyl (C=S) groups is 1. The number of quaternary nitrogens is 1. The highest BCUT2D eigenvalue weighted by Gasteiger charge is 2.73. The highest BCUT2D eigenvalue weighted by atomic mass is 35.5. The minimum Gasteiger partial charge on any atom is -0.340 e. The Bertz CT molecular complexity index is 1280. The highest BCUT2D eigenvalue weighted by Crippen LogP contribution is 2.45. The summed E-state index contributed by atoms with van der Waals surface area (Å²) in [4.78, 5) is 30.4. The molecule has 3 heterocycles. The van der Waals surface area contributed by atoms with Gasteiger partial charge in [0.2, 0.25) is 0 Å². The monoisotopic (exact) mass is 488 g/mol. The van der Waals surface area contributed by atoms with Crippen LogP contribution in [-0.2, 0) is 4.79 Å². The topological polar surface area (TPSA) is 76.4 Å². The van der Waals surface area contributed by atoms with E-state index in [4.69, 9.17) is 23.8 Å². The Labute approximate surface area is 198 Å². The van der Waals surface area contributed by atoms with E-state index in [1.54, 1.807) is 6.92 Å². The number of fused-ring (bicyclic) bond motifs is 1. The fourth-order valence-corrected chi connectivity index (χ4v) is 5.66. The molecule has 5 rings (SSSR count). The lowest BCUT2D eigenvalue weighted by atomic mass is 10.1. The van der Waals surface area contributed by atoms with Crippen LogP contribution in [0.5, 0.6) is 0 Å². The quantitative estimate of drug-likeness (QED) is 0.404. The van der Waals surface area contributed by atoms with Crippen molar-refractivity contribution in [3.05, 3.63) is 58.1 Å². The summed E-state index contributed by atoms with van der Waals surface area (Å²) in [7, 11) is 0. The summed E-state index contributed by atoms with van der Waals surface area (Å²) in [6.07, 6.45) is 0. The molecular weight excluding hydrogens is 472 g/mol. The van der Waals surface area contributed by atoms with Crippen LogP contribution in [0.4, 0.5) is 25.0 Å². The van der Waals surface area contributed by atoms with Gasteiger partial charge in [-0.3, -0.25) is 4.79 Å². The summed E-state index contributed by atoms with van der Waals surface area (Å²) < 4.78 is 28.1. The molecule has 2 bridgehead atoms. The van der Waals surface area contributed by atoms with Crippen molar-refractivity contribution in [3.63, 3.8) is 0 Å². The number of piperazine rings is 1. The molecule has 3 fully saturated rings. The molecule has 2 aromatic rings. The predicted octanol–water partition coefficient (Wildman–Crippen LogP) is 3.55. The molecule has 11 heteroatoms. The molecule has 3 aliphatic heterocycles. The summed E-state index contributed by atoms with van der Waals surface area (Å²) in [5.41, 5.74) is 0.610. The van der Waals surface area contributed by atoms with Crippen LogP contribution < -0.4 is 10.2 Å². The molecule has 4 atom stereocenters. The van der Waals surface area contributed by atoms with E-state index in [0.29, 0.717) is 24.3 Å². The molecule has 4 unspecified atom stereocenters. The fraction of sp³-hybridized carbons (Fsp3) is 0.273. The number of carbonyl (C=O) groups excluding carboxylic acids is 2. The maximum atomic E-state index is 14.2. The molecule has 3 saturated heterocycles. The van der Waals surface area contributed by atoms with Crippen LogP contribution in [0.3, 0.4) is 0 Å². The standard InChI is InChI=1S/C22H16ClF2N5O2S/c1-11-15(6-5-12(7-26)18(11)23)29-21(31)17-9-28-8-16(30(17,10-28)22(29)32)20(33)27-19-13(24)3-2-4-14(19)25/h2-6,16-17H,8-10H2,1H3/p+1. The minimum atomic E-state index is -0.805. The number of halogens is 3. The first-order chi connectivity index (χ1) is 15.7. The number of benzene rings is 2. The van der Waals surface area contributed by atoms with Crippen molar-refractivity contribution in [1.29, 1.82) is 5.26 Å². The Balaban J connectivity index is 1.52. The molecule has 0 saturated carbocycles. The van der Waals surface area contributed by atoms with Crippen molar-refractivity contribution in [2.75, 3.05) is 30.0 Å². The number of nitrogens with one attached hydrogen (secondary N) is 1. The predicted molar refractivity (Wildman–Crippen MR) is 121 cm³/mol. The van der Waals surface area contributed by atoms with Gasteiger partial charge in [-0.15, -0.1) is 0 Å². The minimum absolute atomic E-state index is 0.0868. The number of anilines is 2. The highest BCUT2D eigenvalue weighted by molar-refractivity contribution is 7.80. The molecule has 3 amide bonds. The Kier molecular flexibility index (Phi) is 4.99.